The number of anilines is 1. The van der Waals surface area contributed by atoms with Crippen molar-refractivity contribution in [3.05, 3.63) is 52.8 Å². The number of hydrogen-bond donors (Lipinski definition) is 1. The molecule has 0 radical (unpaired) electrons. The molecule has 0 spiro atoms. The van der Waals surface area contributed by atoms with Crippen molar-refractivity contribution >= 4 is 28.3 Å². The lowest BCUT2D eigenvalue weighted by Gasteiger charge is -2.15. The molecule has 3 aromatic rings. The average Bonchev–Trinajstić information content (AvgIpc) is 3.25. The maximum absolute atomic E-state index is 12.8. The van der Waals surface area contributed by atoms with Gasteiger partial charge in [-0.1, -0.05) is 30.3 Å². The summed E-state index contributed by atoms with van der Waals surface area (Å²) in [5, 5.41) is 14.0. The Kier molecular flexibility index (Phi) is 4.80. The second-order valence-corrected chi connectivity index (χ2v) is 6.21. The van der Waals surface area contributed by atoms with E-state index < -0.39 is 12.0 Å². The van der Waals surface area contributed by atoms with Gasteiger partial charge in [0.2, 0.25) is 0 Å². The number of methoxy groups -OCH3 is 1. The minimum atomic E-state index is -0.762. The smallest absolute Gasteiger partial charge is 0.357 e. The maximum atomic E-state index is 12.8. The van der Waals surface area contributed by atoms with Crippen LogP contribution in [0.1, 0.15) is 27.0 Å². The van der Waals surface area contributed by atoms with E-state index in [1.54, 1.807) is 19.1 Å². The minimum absolute atomic E-state index is 0.182. The van der Waals surface area contributed by atoms with Gasteiger partial charge in [0.1, 0.15) is 6.33 Å². The highest BCUT2D eigenvalue weighted by molar-refractivity contribution is 7.16. The molecule has 2 heterocycles. The fourth-order valence-electron chi connectivity index (χ4n) is 2.26. The first-order valence-electron chi connectivity index (χ1n) is 7.24. The van der Waals surface area contributed by atoms with Crippen LogP contribution in [0.4, 0.5) is 5.13 Å². The Morgan fingerprint density at radius 3 is 2.68 bits per heavy atom. The van der Waals surface area contributed by atoms with E-state index in [1.165, 1.54) is 29.5 Å². The zero-order chi connectivity index (χ0) is 17.8. The Bertz CT molecular complexity index is 878. The fraction of sp³-hybridized carbons (Fsp3) is 0.200. The van der Waals surface area contributed by atoms with Crippen LogP contribution in [0.2, 0.25) is 0 Å². The zero-order valence-corrected chi connectivity index (χ0v) is 14.2. The van der Waals surface area contributed by atoms with Gasteiger partial charge in [0.05, 0.1) is 7.11 Å². The van der Waals surface area contributed by atoms with E-state index in [1.807, 2.05) is 18.2 Å². The molecule has 0 saturated heterocycles. The highest BCUT2D eigenvalue weighted by Gasteiger charge is 2.25. The number of carbonyl (C=O) groups excluding carboxylic acids is 2. The van der Waals surface area contributed by atoms with Crippen molar-refractivity contribution in [2.45, 2.75) is 13.0 Å². The fourth-order valence-corrected chi connectivity index (χ4v) is 3.06. The Morgan fingerprint density at radius 1 is 1.28 bits per heavy atom. The van der Waals surface area contributed by atoms with E-state index >= 15 is 0 Å². The first-order valence-corrected chi connectivity index (χ1v) is 8.06. The first kappa shape index (κ1) is 16.7. The molecule has 2 aromatic heterocycles. The van der Waals surface area contributed by atoms with Crippen LogP contribution in [0.25, 0.3) is 0 Å². The minimum Gasteiger partial charge on any atom is -0.464 e. The van der Waals surface area contributed by atoms with Crippen LogP contribution in [-0.4, -0.2) is 44.2 Å². The topological polar surface area (TPSA) is 112 Å². The van der Waals surface area contributed by atoms with Crippen molar-refractivity contribution in [2.24, 2.45) is 0 Å². The first-order chi connectivity index (χ1) is 12.1. The van der Waals surface area contributed by atoms with Crippen LogP contribution in [-0.2, 0) is 9.53 Å². The summed E-state index contributed by atoms with van der Waals surface area (Å²) in [4.78, 5) is 29.2. The van der Waals surface area contributed by atoms with Gasteiger partial charge < -0.3 is 4.74 Å². The van der Waals surface area contributed by atoms with Crippen molar-refractivity contribution in [3.8, 4) is 0 Å². The summed E-state index contributed by atoms with van der Waals surface area (Å²) in [7, 11) is 1.28. The van der Waals surface area contributed by atoms with Gasteiger partial charge in [-0.3, -0.25) is 10.1 Å². The summed E-state index contributed by atoms with van der Waals surface area (Å²) in [5.41, 5.74) is 0.898. The molecular weight excluding hydrogens is 344 g/mol. The Labute approximate surface area is 146 Å². The molecule has 3 rings (SSSR count). The van der Waals surface area contributed by atoms with Gasteiger partial charge in [-0.05, 0) is 22.9 Å². The number of hydrogen-bond acceptors (Lipinski definition) is 8. The van der Waals surface area contributed by atoms with Gasteiger partial charge in [-0.15, -0.1) is 16.4 Å². The quantitative estimate of drug-likeness (QED) is 0.687. The second-order valence-electron chi connectivity index (χ2n) is 5.01. The summed E-state index contributed by atoms with van der Waals surface area (Å²) in [6.07, 6.45) is 1.37. The Hall–Kier alpha value is -3.14. The lowest BCUT2D eigenvalue weighted by Crippen LogP contribution is -2.27. The average molecular weight is 358 g/mol. The van der Waals surface area contributed by atoms with Crippen LogP contribution < -0.4 is 5.32 Å². The molecule has 1 atom stereocenters. The number of benzene rings is 1. The second kappa shape index (κ2) is 7.18. The molecule has 0 unspecified atom stereocenters. The zero-order valence-electron chi connectivity index (χ0n) is 13.4. The van der Waals surface area contributed by atoms with Gasteiger partial charge in [-0.2, -0.15) is 0 Å². The molecule has 128 valence electrons. The van der Waals surface area contributed by atoms with E-state index in [2.05, 4.69) is 30.6 Å². The molecule has 9 nitrogen and oxygen atoms in total. The summed E-state index contributed by atoms with van der Waals surface area (Å²) in [6.45, 7) is 1.73. The number of aromatic nitrogens is 5. The van der Waals surface area contributed by atoms with Crippen molar-refractivity contribution in [3.63, 3.8) is 0 Å². The summed E-state index contributed by atoms with van der Waals surface area (Å²) in [5.74, 6) is -0.919. The van der Waals surface area contributed by atoms with Crippen LogP contribution in [0.15, 0.2) is 36.7 Å². The molecule has 1 aromatic carbocycles. The van der Waals surface area contributed by atoms with Crippen molar-refractivity contribution in [2.75, 3.05) is 12.4 Å². The third-order valence-electron chi connectivity index (χ3n) is 3.40. The molecule has 0 saturated carbocycles. The van der Waals surface area contributed by atoms with Crippen molar-refractivity contribution in [1.82, 2.24) is 25.2 Å². The van der Waals surface area contributed by atoms with Crippen LogP contribution >= 0.6 is 11.3 Å². The molecule has 0 aliphatic carbocycles. The molecule has 25 heavy (non-hydrogen) atoms. The monoisotopic (exact) mass is 358 g/mol. The van der Waals surface area contributed by atoms with E-state index in [-0.39, 0.29) is 11.6 Å². The number of tetrazole rings is 1. The Balaban J connectivity index is 1.88. The molecule has 10 heteroatoms. The number of thiazole rings is 1. The molecule has 1 amide bonds. The number of amides is 1. The molecule has 1 N–H and O–H groups in total. The van der Waals surface area contributed by atoms with Crippen LogP contribution in [0, 0.1) is 6.92 Å². The molecule has 0 aliphatic rings. The molecular formula is C15H14N6O3S. The van der Waals surface area contributed by atoms with Crippen molar-refractivity contribution < 1.29 is 14.3 Å². The van der Waals surface area contributed by atoms with Crippen molar-refractivity contribution in [1.29, 1.82) is 0 Å². The van der Waals surface area contributed by atoms with E-state index in [0.717, 1.165) is 0 Å². The third-order valence-corrected chi connectivity index (χ3v) is 4.28. The predicted octanol–water partition coefficient (Wildman–Crippen LogP) is 1.45. The lowest BCUT2D eigenvalue weighted by molar-refractivity contribution is -0.118. The number of carbonyl (C=O) groups is 2. The molecule has 0 bridgehead atoms. The molecule has 0 aliphatic heterocycles. The largest absolute Gasteiger partial charge is 0.464 e. The van der Waals surface area contributed by atoms with Gasteiger partial charge >= 0.3 is 5.97 Å². The predicted molar refractivity (Wildman–Crippen MR) is 89.2 cm³/mol. The SMILES string of the molecule is COC(=O)c1nc(NC(=O)[C@@H](c2ccccc2)n2cnnn2)sc1C. The van der Waals surface area contributed by atoms with Crippen LogP contribution in [0.5, 0.6) is 0 Å². The van der Waals surface area contributed by atoms with E-state index in [0.29, 0.717) is 15.6 Å². The number of nitrogens with zero attached hydrogens (tertiary/aromatic N) is 5. The van der Waals surface area contributed by atoms with Gasteiger partial charge in [0.25, 0.3) is 5.91 Å². The lowest BCUT2D eigenvalue weighted by atomic mass is 10.1. The summed E-state index contributed by atoms with van der Waals surface area (Å²) >= 11 is 1.19. The van der Waals surface area contributed by atoms with Gasteiger partial charge in [-0.25, -0.2) is 14.5 Å². The normalized spacial score (nSPS) is 11.8. The van der Waals surface area contributed by atoms with Crippen LogP contribution in [0.3, 0.4) is 0 Å². The highest BCUT2D eigenvalue weighted by atomic mass is 32.1. The number of nitrogens with one attached hydrogen (secondary N) is 1. The Morgan fingerprint density at radius 2 is 2.04 bits per heavy atom. The summed E-state index contributed by atoms with van der Waals surface area (Å²) < 4.78 is 6.03. The highest BCUT2D eigenvalue weighted by Crippen LogP contribution is 2.25. The summed E-state index contributed by atoms with van der Waals surface area (Å²) in [6, 6.07) is 8.34. The number of esters is 1. The van der Waals surface area contributed by atoms with Gasteiger partial charge in [0.15, 0.2) is 16.9 Å². The van der Waals surface area contributed by atoms with E-state index in [4.69, 9.17) is 0 Å². The number of rotatable bonds is 5. The standard InChI is InChI=1S/C15H14N6O3S/c1-9-11(14(23)24-2)17-15(25-9)18-13(22)12(21-8-16-19-20-21)10-6-4-3-5-7-10/h3-8,12H,1-2H3,(H,17,18,22)/t12-/m1/s1. The van der Waals surface area contributed by atoms with Gasteiger partial charge in [0, 0.05) is 4.88 Å². The maximum Gasteiger partial charge on any atom is 0.357 e. The number of ether oxygens (including phenoxy) is 1. The molecule has 0 fully saturated rings. The third kappa shape index (κ3) is 3.53. The number of aryl methyl sites for hydroxylation is 1. The van der Waals surface area contributed by atoms with E-state index in [9.17, 15) is 9.59 Å².